The summed E-state index contributed by atoms with van der Waals surface area (Å²) in [5.74, 6) is 0. The Hall–Kier alpha value is -0.690. The molecule has 0 saturated carbocycles. The lowest BCUT2D eigenvalue weighted by atomic mass is 10.0. The maximum absolute atomic E-state index is 12.8. The number of fused-ring (bicyclic) bond motifs is 1. The molecule has 2 aromatic rings. The summed E-state index contributed by atoms with van der Waals surface area (Å²) < 4.78 is 28.0. The summed E-state index contributed by atoms with van der Waals surface area (Å²) in [6, 6.07) is 8.76. The van der Waals surface area contributed by atoms with Gasteiger partial charge in [-0.25, -0.2) is 8.42 Å². The molecule has 106 valence electrons. The zero-order chi connectivity index (χ0) is 14.3. The lowest BCUT2D eigenvalue weighted by molar-refractivity contribution is 0.329. The third-order valence-electron chi connectivity index (χ3n) is 3.64. The fourth-order valence-corrected chi connectivity index (χ4v) is 5.40. The number of rotatable bonds is 2. The van der Waals surface area contributed by atoms with Gasteiger partial charge in [-0.2, -0.15) is 4.31 Å². The molecule has 1 aromatic carbocycles. The van der Waals surface area contributed by atoms with Gasteiger partial charge in [-0.1, -0.05) is 15.9 Å². The Morgan fingerprint density at radius 3 is 2.65 bits per heavy atom. The van der Waals surface area contributed by atoms with Crippen molar-refractivity contribution in [2.24, 2.45) is 0 Å². The first-order chi connectivity index (χ1) is 9.50. The SMILES string of the molecule is CC1c2ccsc2CCN1S(=O)(=O)c1ccc(Br)cc1. The van der Waals surface area contributed by atoms with Crippen molar-refractivity contribution in [1.29, 1.82) is 0 Å². The molecule has 6 heteroatoms. The van der Waals surface area contributed by atoms with E-state index < -0.39 is 10.0 Å². The van der Waals surface area contributed by atoms with Crippen LogP contribution in [-0.4, -0.2) is 19.3 Å². The number of benzene rings is 1. The van der Waals surface area contributed by atoms with Crippen molar-refractivity contribution < 1.29 is 8.42 Å². The monoisotopic (exact) mass is 371 g/mol. The fraction of sp³-hybridized carbons (Fsp3) is 0.286. The van der Waals surface area contributed by atoms with Gasteiger partial charge in [0.25, 0.3) is 0 Å². The minimum atomic E-state index is -3.43. The Labute approximate surface area is 131 Å². The van der Waals surface area contributed by atoms with E-state index >= 15 is 0 Å². The van der Waals surface area contributed by atoms with Crippen LogP contribution in [0.25, 0.3) is 0 Å². The topological polar surface area (TPSA) is 37.4 Å². The molecule has 0 radical (unpaired) electrons. The van der Waals surface area contributed by atoms with Crippen molar-refractivity contribution in [2.75, 3.05) is 6.54 Å². The summed E-state index contributed by atoms with van der Waals surface area (Å²) in [6.45, 7) is 2.51. The first-order valence-corrected chi connectivity index (χ1v) is 9.45. The van der Waals surface area contributed by atoms with Gasteiger partial charge >= 0.3 is 0 Å². The molecule has 0 bridgehead atoms. The molecular weight excluding hydrogens is 358 g/mol. The lowest BCUT2D eigenvalue weighted by Crippen LogP contribution is -2.38. The second kappa shape index (κ2) is 5.26. The number of hydrogen-bond donors (Lipinski definition) is 0. The molecule has 1 atom stereocenters. The van der Waals surface area contributed by atoms with E-state index in [4.69, 9.17) is 0 Å². The highest BCUT2D eigenvalue weighted by Crippen LogP contribution is 2.36. The highest BCUT2D eigenvalue weighted by atomic mass is 79.9. The Balaban J connectivity index is 1.99. The van der Waals surface area contributed by atoms with Crippen molar-refractivity contribution in [3.63, 3.8) is 0 Å². The number of halogens is 1. The molecule has 3 rings (SSSR count). The predicted molar refractivity (Wildman–Crippen MR) is 84.5 cm³/mol. The van der Waals surface area contributed by atoms with Gasteiger partial charge in [0.2, 0.25) is 10.0 Å². The average molecular weight is 372 g/mol. The fourth-order valence-electron chi connectivity index (χ4n) is 2.56. The molecule has 0 saturated heterocycles. The van der Waals surface area contributed by atoms with Crippen LogP contribution < -0.4 is 0 Å². The smallest absolute Gasteiger partial charge is 0.207 e. The van der Waals surface area contributed by atoms with E-state index in [2.05, 4.69) is 15.9 Å². The van der Waals surface area contributed by atoms with Crippen LogP contribution in [0.2, 0.25) is 0 Å². The van der Waals surface area contributed by atoms with Crippen molar-refractivity contribution in [3.05, 3.63) is 50.6 Å². The highest BCUT2D eigenvalue weighted by molar-refractivity contribution is 9.10. The van der Waals surface area contributed by atoms with Crippen LogP contribution >= 0.6 is 27.3 Å². The molecule has 2 heterocycles. The van der Waals surface area contributed by atoms with Crippen molar-refractivity contribution in [3.8, 4) is 0 Å². The minimum Gasteiger partial charge on any atom is -0.207 e. The molecule has 0 aliphatic carbocycles. The summed E-state index contributed by atoms with van der Waals surface area (Å²) in [4.78, 5) is 1.66. The van der Waals surface area contributed by atoms with Crippen LogP contribution in [0.5, 0.6) is 0 Å². The van der Waals surface area contributed by atoms with Crippen LogP contribution in [0.4, 0.5) is 0 Å². The minimum absolute atomic E-state index is 0.0985. The molecule has 1 aliphatic heterocycles. The maximum atomic E-state index is 12.8. The molecule has 1 aromatic heterocycles. The summed E-state index contributed by atoms with van der Waals surface area (Å²) >= 11 is 5.04. The summed E-state index contributed by atoms with van der Waals surface area (Å²) in [6.07, 6.45) is 0.799. The van der Waals surface area contributed by atoms with Crippen molar-refractivity contribution in [2.45, 2.75) is 24.3 Å². The van der Waals surface area contributed by atoms with Gasteiger partial charge in [0, 0.05) is 21.9 Å². The third kappa shape index (κ3) is 2.35. The van der Waals surface area contributed by atoms with Gasteiger partial charge in [-0.3, -0.25) is 0 Å². The lowest BCUT2D eigenvalue weighted by Gasteiger charge is -2.32. The quantitative estimate of drug-likeness (QED) is 0.804. The molecule has 0 fully saturated rings. The Kier molecular flexibility index (Phi) is 3.75. The van der Waals surface area contributed by atoms with Crippen molar-refractivity contribution >= 4 is 37.3 Å². The molecule has 20 heavy (non-hydrogen) atoms. The summed E-state index contributed by atoms with van der Waals surface area (Å²) in [5, 5.41) is 2.04. The molecule has 0 amide bonds. The first-order valence-electron chi connectivity index (χ1n) is 6.34. The van der Waals surface area contributed by atoms with Gasteiger partial charge in [0.05, 0.1) is 4.90 Å². The van der Waals surface area contributed by atoms with E-state index in [1.165, 1.54) is 4.88 Å². The second-order valence-corrected chi connectivity index (χ2v) is 8.60. The normalized spacial score (nSPS) is 19.8. The van der Waals surface area contributed by atoms with Gasteiger partial charge in [0.15, 0.2) is 0 Å². The Morgan fingerprint density at radius 2 is 1.95 bits per heavy atom. The molecular formula is C14H14BrNO2S2. The van der Waals surface area contributed by atoms with Crippen LogP contribution in [0.1, 0.15) is 23.4 Å². The van der Waals surface area contributed by atoms with Gasteiger partial charge < -0.3 is 0 Å². The van der Waals surface area contributed by atoms with E-state index in [1.807, 2.05) is 18.4 Å². The van der Waals surface area contributed by atoms with Crippen LogP contribution in [0, 0.1) is 0 Å². The van der Waals surface area contributed by atoms with Gasteiger partial charge in [0.1, 0.15) is 0 Å². The van der Waals surface area contributed by atoms with Crippen LogP contribution in [0.3, 0.4) is 0 Å². The Morgan fingerprint density at radius 1 is 1.25 bits per heavy atom. The number of nitrogens with zero attached hydrogens (tertiary/aromatic N) is 1. The standard InChI is InChI=1S/C14H14BrNO2S2/c1-10-13-7-9-19-14(13)6-8-16(10)20(17,18)12-4-2-11(15)3-5-12/h2-5,7,9-10H,6,8H2,1H3. The number of sulfonamides is 1. The molecule has 3 nitrogen and oxygen atoms in total. The summed E-state index contributed by atoms with van der Waals surface area (Å²) in [7, 11) is -3.43. The van der Waals surface area contributed by atoms with Gasteiger partial charge in [-0.15, -0.1) is 11.3 Å². The molecule has 1 unspecified atom stereocenters. The molecule has 0 spiro atoms. The third-order valence-corrected chi connectivity index (χ3v) is 7.15. The number of hydrogen-bond acceptors (Lipinski definition) is 3. The predicted octanol–water partition coefficient (Wildman–Crippen LogP) is 3.82. The maximum Gasteiger partial charge on any atom is 0.243 e. The van der Waals surface area contributed by atoms with Crippen LogP contribution in [-0.2, 0) is 16.4 Å². The average Bonchev–Trinajstić information content (AvgIpc) is 2.88. The Bertz CT molecular complexity index is 722. The zero-order valence-corrected chi connectivity index (χ0v) is 14.1. The van der Waals surface area contributed by atoms with E-state index in [0.717, 1.165) is 16.5 Å². The second-order valence-electron chi connectivity index (χ2n) is 4.79. The van der Waals surface area contributed by atoms with Crippen molar-refractivity contribution in [1.82, 2.24) is 4.31 Å². The van der Waals surface area contributed by atoms with E-state index in [1.54, 1.807) is 39.9 Å². The van der Waals surface area contributed by atoms with Crippen LogP contribution in [0.15, 0.2) is 45.1 Å². The number of thiophene rings is 1. The molecule has 0 N–H and O–H groups in total. The first kappa shape index (κ1) is 14.3. The van der Waals surface area contributed by atoms with E-state index in [-0.39, 0.29) is 6.04 Å². The largest absolute Gasteiger partial charge is 0.243 e. The summed E-state index contributed by atoms with van der Waals surface area (Å²) in [5.41, 5.74) is 1.14. The zero-order valence-electron chi connectivity index (χ0n) is 10.9. The van der Waals surface area contributed by atoms with E-state index in [9.17, 15) is 8.42 Å². The highest BCUT2D eigenvalue weighted by Gasteiger charge is 2.34. The van der Waals surface area contributed by atoms with E-state index in [0.29, 0.717) is 11.4 Å². The molecule has 1 aliphatic rings. The van der Waals surface area contributed by atoms with Gasteiger partial charge in [-0.05, 0) is 54.6 Å².